The van der Waals surface area contributed by atoms with Crippen LogP contribution in [0.1, 0.15) is 5.56 Å². The lowest BCUT2D eigenvalue weighted by Gasteiger charge is -1.97. The number of aromatic nitrogens is 2. The summed E-state index contributed by atoms with van der Waals surface area (Å²) in [5.41, 5.74) is 1.01. The largest absolute Gasteiger partial charge is 0.237 e. The molecule has 0 amide bonds. The summed E-state index contributed by atoms with van der Waals surface area (Å²) in [6.45, 7) is 0. The van der Waals surface area contributed by atoms with Crippen LogP contribution < -0.4 is 0 Å². The lowest BCUT2D eigenvalue weighted by molar-refractivity contribution is 1.28. The molecule has 2 aromatic rings. The second kappa shape index (κ2) is 3.00. The fourth-order valence-electron chi connectivity index (χ4n) is 1.12. The molecule has 2 aromatic heterocycles. The molecule has 0 fully saturated rings. The van der Waals surface area contributed by atoms with Crippen LogP contribution in [-0.2, 0) is 0 Å². The Bertz CT molecular complexity index is 502. The van der Waals surface area contributed by atoms with E-state index in [0.717, 1.165) is 5.39 Å². The molecule has 0 atom stereocenters. The van der Waals surface area contributed by atoms with Crippen molar-refractivity contribution in [1.29, 1.82) is 5.26 Å². The van der Waals surface area contributed by atoms with Gasteiger partial charge in [0.15, 0.2) is 5.65 Å². The molecule has 3 nitrogen and oxygen atoms in total. The van der Waals surface area contributed by atoms with E-state index < -0.39 is 0 Å². The van der Waals surface area contributed by atoms with E-state index >= 15 is 0 Å². The van der Waals surface area contributed by atoms with Gasteiger partial charge in [0.2, 0.25) is 0 Å². The van der Waals surface area contributed by atoms with Crippen molar-refractivity contribution in [2.24, 2.45) is 0 Å². The Morgan fingerprint density at radius 3 is 3.08 bits per heavy atom. The first-order chi connectivity index (χ1) is 6.31. The van der Waals surface area contributed by atoms with E-state index in [0.29, 0.717) is 16.4 Å². The first-order valence-corrected chi connectivity index (χ1v) is 4.00. The highest BCUT2D eigenvalue weighted by molar-refractivity contribution is 6.29. The van der Waals surface area contributed by atoms with Crippen molar-refractivity contribution in [3.63, 3.8) is 0 Å². The highest BCUT2D eigenvalue weighted by Gasteiger charge is 2.03. The minimum absolute atomic E-state index is 0.294. The Labute approximate surface area is 79.6 Å². The minimum Gasteiger partial charge on any atom is -0.237 e. The third kappa shape index (κ3) is 1.32. The highest BCUT2D eigenvalue weighted by Crippen LogP contribution is 2.17. The van der Waals surface area contributed by atoms with E-state index in [1.54, 1.807) is 18.3 Å². The van der Waals surface area contributed by atoms with Crippen molar-refractivity contribution in [2.45, 2.75) is 0 Å². The molecule has 0 aliphatic heterocycles. The molecule has 0 unspecified atom stereocenters. The molecule has 13 heavy (non-hydrogen) atoms. The van der Waals surface area contributed by atoms with Crippen LogP contribution in [0.4, 0.5) is 0 Å². The predicted octanol–water partition coefficient (Wildman–Crippen LogP) is 2.15. The first-order valence-electron chi connectivity index (χ1n) is 3.62. The van der Waals surface area contributed by atoms with Gasteiger partial charge in [0, 0.05) is 11.6 Å². The number of fused-ring (bicyclic) bond motifs is 1. The van der Waals surface area contributed by atoms with E-state index in [-0.39, 0.29) is 0 Å². The number of nitrogens with zero attached hydrogens (tertiary/aromatic N) is 3. The summed E-state index contributed by atoms with van der Waals surface area (Å²) < 4.78 is 0. The average molecular weight is 190 g/mol. The molecule has 0 spiro atoms. The quantitative estimate of drug-likeness (QED) is 0.597. The van der Waals surface area contributed by atoms with Gasteiger partial charge in [0.25, 0.3) is 0 Å². The number of nitriles is 1. The third-order valence-electron chi connectivity index (χ3n) is 1.67. The van der Waals surface area contributed by atoms with Crippen molar-refractivity contribution in [1.82, 2.24) is 9.97 Å². The smallest absolute Gasteiger partial charge is 0.162 e. The average Bonchev–Trinajstić information content (AvgIpc) is 2.16. The lowest BCUT2D eigenvalue weighted by atomic mass is 10.2. The van der Waals surface area contributed by atoms with Gasteiger partial charge in [-0.1, -0.05) is 11.6 Å². The van der Waals surface area contributed by atoms with E-state index in [2.05, 4.69) is 9.97 Å². The summed E-state index contributed by atoms with van der Waals surface area (Å²) in [7, 11) is 0. The molecular weight excluding hydrogens is 186 g/mol. The Morgan fingerprint density at radius 1 is 1.46 bits per heavy atom. The first kappa shape index (κ1) is 7.96. The molecule has 0 aliphatic rings. The molecule has 0 aromatic carbocycles. The standard InChI is InChI=1S/C9H4ClN3/c10-8-4-6(5-11)7-2-1-3-12-9(7)13-8/h1-4H. The molecule has 0 N–H and O–H groups in total. The maximum atomic E-state index is 8.80. The monoisotopic (exact) mass is 189 g/mol. The number of halogens is 1. The zero-order valence-electron chi connectivity index (χ0n) is 6.53. The van der Waals surface area contributed by atoms with Crippen molar-refractivity contribution < 1.29 is 0 Å². The molecule has 0 bridgehead atoms. The Hall–Kier alpha value is -1.66. The Kier molecular flexibility index (Phi) is 1.84. The summed E-state index contributed by atoms with van der Waals surface area (Å²) in [5, 5.41) is 9.82. The van der Waals surface area contributed by atoms with Crippen molar-refractivity contribution >= 4 is 22.6 Å². The van der Waals surface area contributed by atoms with Gasteiger partial charge in [-0.2, -0.15) is 5.26 Å². The normalized spacial score (nSPS) is 9.85. The Balaban J connectivity index is 2.91. The Morgan fingerprint density at radius 2 is 2.31 bits per heavy atom. The van der Waals surface area contributed by atoms with Crippen LogP contribution in [0, 0.1) is 11.3 Å². The van der Waals surface area contributed by atoms with Gasteiger partial charge in [-0.25, -0.2) is 9.97 Å². The lowest BCUT2D eigenvalue weighted by Crippen LogP contribution is -1.87. The highest BCUT2D eigenvalue weighted by atomic mass is 35.5. The number of pyridine rings is 2. The molecule has 62 valence electrons. The molecule has 2 rings (SSSR count). The second-order valence-corrected chi connectivity index (χ2v) is 2.87. The van der Waals surface area contributed by atoms with Gasteiger partial charge in [-0.3, -0.25) is 0 Å². The van der Waals surface area contributed by atoms with Crippen LogP contribution in [0.3, 0.4) is 0 Å². The fourth-order valence-corrected chi connectivity index (χ4v) is 1.31. The van der Waals surface area contributed by atoms with E-state index in [9.17, 15) is 0 Å². The molecule has 0 radical (unpaired) electrons. The zero-order valence-corrected chi connectivity index (χ0v) is 7.28. The maximum Gasteiger partial charge on any atom is 0.162 e. The minimum atomic E-state index is 0.294. The summed E-state index contributed by atoms with van der Waals surface area (Å²) in [6.07, 6.45) is 1.62. The molecular formula is C9H4ClN3. The summed E-state index contributed by atoms with van der Waals surface area (Å²) in [6, 6.07) is 7.14. The van der Waals surface area contributed by atoms with Crippen LogP contribution in [0.2, 0.25) is 5.15 Å². The van der Waals surface area contributed by atoms with Crippen molar-refractivity contribution in [3.8, 4) is 6.07 Å². The number of rotatable bonds is 0. The second-order valence-electron chi connectivity index (χ2n) is 2.48. The SMILES string of the molecule is N#Cc1cc(Cl)nc2ncccc12. The molecule has 4 heteroatoms. The predicted molar refractivity (Wildman–Crippen MR) is 49.3 cm³/mol. The van der Waals surface area contributed by atoms with Crippen LogP contribution in [-0.4, -0.2) is 9.97 Å². The van der Waals surface area contributed by atoms with Gasteiger partial charge in [-0.15, -0.1) is 0 Å². The van der Waals surface area contributed by atoms with Crippen molar-refractivity contribution in [3.05, 3.63) is 35.1 Å². The van der Waals surface area contributed by atoms with Crippen LogP contribution in [0.5, 0.6) is 0 Å². The summed E-state index contributed by atoms with van der Waals surface area (Å²) in [4.78, 5) is 7.99. The molecule has 0 saturated carbocycles. The van der Waals surface area contributed by atoms with Gasteiger partial charge < -0.3 is 0 Å². The van der Waals surface area contributed by atoms with E-state index in [1.165, 1.54) is 6.07 Å². The van der Waals surface area contributed by atoms with E-state index in [4.69, 9.17) is 16.9 Å². The number of hydrogen-bond acceptors (Lipinski definition) is 3. The summed E-state index contributed by atoms with van der Waals surface area (Å²) in [5.74, 6) is 0. The fraction of sp³-hybridized carbons (Fsp3) is 0. The third-order valence-corrected chi connectivity index (χ3v) is 1.87. The van der Waals surface area contributed by atoms with E-state index in [1.807, 2.05) is 6.07 Å². The van der Waals surface area contributed by atoms with Gasteiger partial charge in [-0.05, 0) is 18.2 Å². The van der Waals surface area contributed by atoms with Crippen LogP contribution in [0.25, 0.3) is 11.0 Å². The summed E-state index contributed by atoms with van der Waals surface area (Å²) >= 11 is 5.70. The van der Waals surface area contributed by atoms with Gasteiger partial charge >= 0.3 is 0 Å². The molecule has 0 aliphatic carbocycles. The van der Waals surface area contributed by atoms with Crippen LogP contribution in [0.15, 0.2) is 24.4 Å². The number of hydrogen-bond donors (Lipinski definition) is 0. The van der Waals surface area contributed by atoms with Crippen LogP contribution >= 0.6 is 11.6 Å². The maximum absolute atomic E-state index is 8.80. The zero-order chi connectivity index (χ0) is 9.26. The van der Waals surface area contributed by atoms with Gasteiger partial charge in [0.1, 0.15) is 11.2 Å². The van der Waals surface area contributed by atoms with Crippen molar-refractivity contribution in [2.75, 3.05) is 0 Å². The molecule has 2 heterocycles. The topological polar surface area (TPSA) is 49.6 Å². The molecule has 0 saturated heterocycles. The van der Waals surface area contributed by atoms with Gasteiger partial charge in [0.05, 0.1) is 5.56 Å².